The predicted octanol–water partition coefficient (Wildman–Crippen LogP) is 3.21. The van der Waals surface area contributed by atoms with E-state index in [-0.39, 0.29) is 25.4 Å². The summed E-state index contributed by atoms with van der Waals surface area (Å²) >= 11 is 6.21. The fourth-order valence-electron chi connectivity index (χ4n) is 2.66. The number of primary amides is 1. The average molecular weight is 392 g/mol. The summed E-state index contributed by atoms with van der Waals surface area (Å²) in [7, 11) is 0. The first-order valence-electron chi connectivity index (χ1n) is 8.70. The molecule has 0 fully saturated rings. The van der Waals surface area contributed by atoms with E-state index in [0.29, 0.717) is 23.8 Å². The van der Waals surface area contributed by atoms with E-state index in [0.717, 1.165) is 5.56 Å². The maximum atomic E-state index is 13.2. The SMILES string of the molecule is CCN(CC(=O)N(CCC(N)=O)c1ccc(F)cc1)Cc1ccccc1Cl. The molecule has 0 atom stereocenters. The molecule has 0 heterocycles. The van der Waals surface area contributed by atoms with E-state index >= 15 is 0 Å². The van der Waals surface area contributed by atoms with E-state index in [1.165, 1.54) is 29.2 Å². The summed E-state index contributed by atoms with van der Waals surface area (Å²) in [5.41, 5.74) is 6.68. The minimum Gasteiger partial charge on any atom is -0.370 e. The Labute approximate surface area is 163 Å². The third-order valence-electron chi connectivity index (χ3n) is 4.18. The molecule has 0 aliphatic heterocycles. The number of hydrogen-bond donors (Lipinski definition) is 1. The summed E-state index contributed by atoms with van der Waals surface area (Å²) < 4.78 is 13.2. The Morgan fingerprint density at radius 3 is 2.37 bits per heavy atom. The summed E-state index contributed by atoms with van der Waals surface area (Å²) in [5, 5.41) is 0.646. The monoisotopic (exact) mass is 391 g/mol. The van der Waals surface area contributed by atoms with Crippen LogP contribution in [-0.4, -0.2) is 36.3 Å². The van der Waals surface area contributed by atoms with Gasteiger partial charge < -0.3 is 10.6 Å². The van der Waals surface area contributed by atoms with E-state index in [2.05, 4.69) is 0 Å². The van der Waals surface area contributed by atoms with E-state index in [1.54, 1.807) is 0 Å². The number of nitrogens with zero attached hydrogens (tertiary/aromatic N) is 2. The van der Waals surface area contributed by atoms with Crippen molar-refractivity contribution in [3.63, 3.8) is 0 Å². The molecule has 0 unspecified atom stereocenters. The highest BCUT2D eigenvalue weighted by atomic mass is 35.5. The highest BCUT2D eigenvalue weighted by Gasteiger charge is 2.20. The van der Waals surface area contributed by atoms with Crippen molar-refractivity contribution in [2.45, 2.75) is 19.9 Å². The maximum Gasteiger partial charge on any atom is 0.241 e. The maximum absolute atomic E-state index is 13.2. The van der Waals surface area contributed by atoms with E-state index < -0.39 is 11.7 Å². The third kappa shape index (κ3) is 6.34. The van der Waals surface area contributed by atoms with Crippen molar-refractivity contribution in [2.24, 2.45) is 5.73 Å². The number of nitrogens with two attached hydrogens (primary N) is 1. The number of anilines is 1. The summed E-state index contributed by atoms with van der Waals surface area (Å²) in [6.45, 7) is 3.40. The highest BCUT2D eigenvalue weighted by molar-refractivity contribution is 6.31. The molecule has 2 rings (SSSR count). The zero-order valence-corrected chi connectivity index (χ0v) is 16.0. The van der Waals surface area contributed by atoms with Gasteiger partial charge in [-0.25, -0.2) is 4.39 Å². The van der Waals surface area contributed by atoms with Gasteiger partial charge in [-0.2, -0.15) is 0 Å². The lowest BCUT2D eigenvalue weighted by Gasteiger charge is -2.27. The van der Waals surface area contributed by atoms with Crippen molar-refractivity contribution in [1.29, 1.82) is 0 Å². The van der Waals surface area contributed by atoms with Crippen LogP contribution in [-0.2, 0) is 16.1 Å². The van der Waals surface area contributed by atoms with Gasteiger partial charge in [-0.15, -0.1) is 0 Å². The van der Waals surface area contributed by atoms with E-state index in [9.17, 15) is 14.0 Å². The summed E-state index contributed by atoms with van der Waals surface area (Å²) in [6.07, 6.45) is 0.0275. The molecule has 7 heteroatoms. The van der Waals surface area contributed by atoms with Crippen LogP contribution in [0.4, 0.5) is 10.1 Å². The van der Waals surface area contributed by atoms with Gasteiger partial charge in [-0.1, -0.05) is 36.7 Å². The minimum atomic E-state index is -0.502. The molecular weight excluding hydrogens is 369 g/mol. The van der Waals surface area contributed by atoms with Gasteiger partial charge in [0.2, 0.25) is 11.8 Å². The van der Waals surface area contributed by atoms with E-state index in [1.807, 2.05) is 36.1 Å². The summed E-state index contributed by atoms with van der Waals surface area (Å²) in [5.74, 6) is -1.09. The van der Waals surface area contributed by atoms with Gasteiger partial charge in [0.1, 0.15) is 5.82 Å². The van der Waals surface area contributed by atoms with Crippen molar-refractivity contribution in [3.8, 4) is 0 Å². The Balaban J connectivity index is 2.13. The van der Waals surface area contributed by atoms with Crippen molar-refractivity contribution in [1.82, 2.24) is 4.90 Å². The van der Waals surface area contributed by atoms with Crippen molar-refractivity contribution in [2.75, 3.05) is 24.5 Å². The Kier molecular flexibility index (Phi) is 7.76. The molecule has 0 aliphatic carbocycles. The van der Waals surface area contributed by atoms with Crippen molar-refractivity contribution < 1.29 is 14.0 Å². The molecule has 0 aliphatic rings. The lowest BCUT2D eigenvalue weighted by molar-refractivity contribution is -0.120. The van der Waals surface area contributed by atoms with Gasteiger partial charge in [0, 0.05) is 30.2 Å². The first-order valence-corrected chi connectivity index (χ1v) is 9.08. The normalized spacial score (nSPS) is 10.8. The van der Waals surface area contributed by atoms with Crippen LogP contribution in [0.2, 0.25) is 5.02 Å². The number of halogens is 2. The smallest absolute Gasteiger partial charge is 0.241 e. The zero-order chi connectivity index (χ0) is 19.8. The molecule has 2 aromatic carbocycles. The minimum absolute atomic E-state index is 0.0275. The topological polar surface area (TPSA) is 66.6 Å². The van der Waals surface area contributed by atoms with Crippen LogP contribution in [0.5, 0.6) is 0 Å². The fraction of sp³-hybridized carbons (Fsp3) is 0.300. The molecule has 0 saturated carbocycles. The molecule has 2 amide bonds. The lowest BCUT2D eigenvalue weighted by Crippen LogP contribution is -2.41. The molecular formula is C20H23ClFN3O2. The molecule has 0 aromatic heterocycles. The highest BCUT2D eigenvalue weighted by Crippen LogP contribution is 2.19. The van der Waals surface area contributed by atoms with Crippen LogP contribution >= 0.6 is 11.6 Å². The number of carbonyl (C=O) groups is 2. The van der Waals surface area contributed by atoms with Gasteiger partial charge in [-0.05, 0) is 42.4 Å². The second-order valence-corrected chi connectivity index (χ2v) is 6.54. The zero-order valence-electron chi connectivity index (χ0n) is 15.2. The number of amides is 2. The first-order chi connectivity index (χ1) is 12.9. The predicted molar refractivity (Wildman–Crippen MR) is 105 cm³/mol. The molecule has 0 radical (unpaired) electrons. The van der Waals surface area contributed by atoms with Crippen molar-refractivity contribution >= 4 is 29.1 Å². The molecule has 2 aromatic rings. The second kappa shape index (κ2) is 10.0. The third-order valence-corrected chi connectivity index (χ3v) is 4.55. The number of carbonyl (C=O) groups excluding carboxylic acids is 2. The van der Waals surface area contributed by atoms with Gasteiger partial charge in [-0.3, -0.25) is 14.5 Å². The van der Waals surface area contributed by atoms with Crippen LogP contribution in [0.25, 0.3) is 0 Å². The van der Waals surface area contributed by atoms with Gasteiger partial charge in [0.15, 0.2) is 0 Å². The number of benzene rings is 2. The Bertz CT molecular complexity index is 783. The fourth-order valence-corrected chi connectivity index (χ4v) is 2.86. The Morgan fingerprint density at radius 1 is 1.11 bits per heavy atom. The van der Waals surface area contributed by atoms with Crippen molar-refractivity contribution in [3.05, 3.63) is 64.9 Å². The van der Waals surface area contributed by atoms with E-state index in [4.69, 9.17) is 17.3 Å². The molecule has 0 spiro atoms. The lowest BCUT2D eigenvalue weighted by atomic mass is 10.2. The van der Waals surface area contributed by atoms with Gasteiger partial charge in [0.25, 0.3) is 0 Å². The molecule has 144 valence electrons. The quantitative estimate of drug-likeness (QED) is 0.713. The standard InChI is InChI=1S/C20H23ClFN3O2/c1-2-24(13-15-5-3-4-6-18(15)21)14-20(27)25(12-11-19(23)26)17-9-7-16(22)8-10-17/h3-10H,2,11-14H2,1H3,(H2,23,26). The summed E-state index contributed by atoms with van der Waals surface area (Å²) in [6, 6.07) is 13.1. The van der Waals surface area contributed by atoms with Crippen LogP contribution in [0.15, 0.2) is 48.5 Å². The van der Waals surface area contributed by atoms with Gasteiger partial charge in [0.05, 0.1) is 6.54 Å². The number of rotatable bonds is 9. The Morgan fingerprint density at radius 2 is 1.78 bits per heavy atom. The number of hydrogen-bond acceptors (Lipinski definition) is 3. The van der Waals surface area contributed by atoms with Crippen LogP contribution in [0, 0.1) is 5.82 Å². The molecule has 27 heavy (non-hydrogen) atoms. The molecule has 0 bridgehead atoms. The van der Waals surface area contributed by atoms with Crippen LogP contribution in [0.3, 0.4) is 0 Å². The average Bonchev–Trinajstić information content (AvgIpc) is 2.64. The second-order valence-electron chi connectivity index (χ2n) is 6.13. The number of likely N-dealkylation sites (N-methyl/N-ethyl adjacent to an activating group) is 1. The largest absolute Gasteiger partial charge is 0.370 e. The Hall–Kier alpha value is -2.44. The summed E-state index contributed by atoms with van der Waals surface area (Å²) in [4.78, 5) is 27.5. The molecule has 2 N–H and O–H groups in total. The molecule has 5 nitrogen and oxygen atoms in total. The van der Waals surface area contributed by atoms with Gasteiger partial charge >= 0.3 is 0 Å². The molecule has 0 saturated heterocycles. The van der Waals surface area contributed by atoms with Crippen LogP contribution in [0.1, 0.15) is 18.9 Å². The first kappa shape index (κ1) is 20.9. The van der Waals surface area contributed by atoms with Crippen LogP contribution < -0.4 is 10.6 Å².